The molecule has 0 radical (unpaired) electrons. The van der Waals surface area contributed by atoms with E-state index in [2.05, 4.69) is 26.3 Å². The summed E-state index contributed by atoms with van der Waals surface area (Å²) in [5.41, 5.74) is 2.61. The fourth-order valence-electron chi connectivity index (χ4n) is 3.75. The molecule has 1 aliphatic rings. The van der Waals surface area contributed by atoms with Gasteiger partial charge in [-0.25, -0.2) is 4.39 Å². The van der Waals surface area contributed by atoms with Crippen LogP contribution in [0.15, 0.2) is 54.7 Å². The van der Waals surface area contributed by atoms with Gasteiger partial charge in [-0.2, -0.15) is 15.1 Å². The van der Waals surface area contributed by atoms with Crippen LogP contribution in [0.3, 0.4) is 0 Å². The number of aryl methyl sites for hydroxylation is 1. The Morgan fingerprint density at radius 1 is 0.968 bits per heavy atom. The summed E-state index contributed by atoms with van der Waals surface area (Å²) in [5.74, 6) is 1.02. The van der Waals surface area contributed by atoms with Gasteiger partial charge < -0.3 is 15.1 Å². The van der Waals surface area contributed by atoms with Crippen molar-refractivity contribution in [2.75, 3.05) is 41.3 Å². The Morgan fingerprint density at radius 2 is 1.71 bits per heavy atom. The Kier molecular flexibility index (Phi) is 5.07. The minimum absolute atomic E-state index is 0.280. The van der Waals surface area contributed by atoms with E-state index in [4.69, 9.17) is 21.6 Å². The molecule has 1 fully saturated rings. The molecule has 4 aromatic rings. The first-order valence-electron chi connectivity index (χ1n) is 10.0. The van der Waals surface area contributed by atoms with Gasteiger partial charge in [0.05, 0.1) is 11.6 Å². The number of nitrogens with zero attached hydrogens (tertiary/aromatic N) is 6. The molecule has 0 atom stereocenters. The average molecular weight is 438 g/mol. The summed E-state index contributed by atoms with van der Waals surface area (Å²) in [6.07, 6.45) is 1.74. The number of anilines is 4. The molecule has 0 saturated carbocycles. The maximum absolute atomic E-state index is 13.3. The van der Waals surface area contributed by atoms with Crippen LogP contribution in [0, 0.1) is 5.82 Å². The zero-order valence-electron chi connectivity index (χ0n) is 17.0. The third-order valence-corrected chi connectivity index (χ3v) is 5.66. The molecule has 0 aliphatic carbocycles. The van der Waals surface area contributed by atoms with Crippen molar-refractivity contribution in [3.63, 3.8) is 0 Å². The summed E-state index contributed by atoms with van der Waals surface area (Å²) < 4.78 is 15.0. The molecule has 0 bridgehead atoms. The fraction of sp³-hybridized carbons (Fsp3) is 0.227. The SMILES string of the molecule is Cn1ncc2c(Nc3ccc(F)cc3)nc(N3CCN(c4cccc(Cl)c4)CC3)nc21. The van der Waals surface area contributed by atoms with E-state index >= 15 is 0 Å². The largest absolute Gasteiger partial charge is 0.368 e. The molecule has 31 heavy (non-hydrogen) atoms. The van der Waals surface area contributed by atoms with Gasteiger partial charge in [0.2, 0.25) is 5.95 Å². The second kappa shape index (κ2) is 8.03. The minimum atomic E-state index is -0.280. The molecule has 2 aromatic carbocycles. The summed E-state index contributed by atoms with van der Waals surface area (Å²) in [7, 11) is 1.86. The van der Waals surface area contributed by atoms with Crippen LogP contribution in [0.2, 0.25) is 5.02 Å². The summed E-state index contributed by atoms with van der Waals surface area (Å²) >= 11 is 6.15. The zero-order chi connectivity index (χ0) is 21.4. The van der Waals surface area contributed by atoms with Crippen LogP contribution < -0.4 is 15.1 Å². The monoisotopic (exact) mass is 437 g/mol. The summed E-state index contributed by atoms with van der Waals surface area (Å²) in [5, 5.41) is 9.17. The van der Waals surface area contributed by atoms with Gasteiger partial charge in [0.1, 0.15) is 11.6 Å². The summed E-state index contributed by atoms with van der Waals surface area (Å²) in [6, 6.07) is 14.1. The smallest absolute Gasteiger partial charge is 0.229 e. The first kappa shape index (κ1) is 19.6. The number of benzene rings is 2. The molecular formula is C22H21ClFN7. The van der Waals surface area contributed by atoms with Crippen LogP contribution in [0.1, 0.15) is 0 Å². The molecule has 7 nitrogen and oxygen atoms in total. The number of fused-ring (bicyclic) bond motifs is 1. The van der Waals surface area contributed by atoms with Crippen molar-refractivity contribution in [1.82, 2.24) is 19.7 Å². The van der Waals surface area contributed by atoms with Crippen LogP contribution in [0.5, 0.6) is 0 Å². The Labute approximate surface area is 184 Å². The standard InChI is InChI=1S/C22H21ClFN7/c1-29-21-19(14-25-29)20(26-17-7-5-16(24)6-8-17)27-22(28-21)31-11-9-30(10-12-31)18-4-2-3-15(23)13-18/h2-8,13-14H,9-12H2,1H3,(H,26,27,28). The highest BCUT2D eigenvalue weighted by Gasteiger charge is 2.22. The number of hydrogen-bond acceptors (Lipinski definition) is 6. The van der Waals surface area contributed by atoms with Crippen molar-refractivity contribution in [3.05, 3.63) is 65.6 Å². The lowest BCUT2D eigenvalue weighted by Crippen LogP contribution is -2.47. The molecule has 0 unspecified atom stereocenters. The topological polar surface area (TPSA) is 62.1 Å². The third-order valence-electron chi connectivity index (χ3n) is 5.42. The van der Waals surface area contributed by atoms with Gasteiger partial charge in [-0.05, 0) is 42.5 Å². The minimum Gasteiger partial charge on any atom is -0.368 e. The van der Waals surface area contributed by atoms with Gasteiger partial charge in [-0.15, -0.1) is 0 Å². The molecule has 3 heterocycles. The van der Waals surface area contributed by atoms with Crippen LogP contribution in [-0.4, -0.2) is 45.9 Å². The quantitative estimate of drug-likeness (QED) is 0.515. The highest BCUT2D eigenvalue weighted by molar-refractivity contribution is 6.30. The van der Waals surface area contributed by atoms with E-state index in [0.717, 1.165) is 53.6 Å². The van der Waals surface area contributed by atoms with E-state index in [-0.39, 0.29) is 5.82 Å². The van der Waals surface area contributed by atoms with E-state index in [1.807, 2.05) is 25.2 Å². The van der Waals surface area contributed by atoms with Gasteiger partial charge in [0.25, 0.3) is 0 Å². The molecule has 1 aliphatic heterocycles. The van der Waals surface area contributed by atoms with Crippen molar-refractivity contribution in [3.8, 4) is 0 Å². The van der Waals surface area contributed by atoms with E-state index < -0.39 is 0 Å². The van der Waals surface area contributed by atoms with Crippen LogP contribution in [0.4, 0.5) is 27.5 Å². The Bertz CT molecular complexity index is 1220. The zero-order valence-corrected chi connectivity index (χ0v) is 17.7. The van der Waals surface area contributed by atoms with Gasteiger partial charge >= 0.3 is 0 Å². The van der Waals surface area contributed by atoms with Gasteiger partial charge in [-0.3, -0.25) is 4.68 Å². The van der Waals surface area contributed by atoms with Crippen molar-refractivity contribution < 1.29 is 4.39 Å². The van der Waals surface area contributed by atoms with Crippen molar-refractivity contribution in [2.45, 2.75) is 0 Å². The molecule has 1 N–H and O–H groups in total. The normalized spacial score (nSPS) is 14.3. The number of rotatable bonds is 4. The average Bonchev–Trinajstić information content (AvgIpc) is 3.16. The second-order valence-electron chi connectivity index (χ2n) is 7.46. The van der Waals surface area contributed by atoms with Gasteiger partial charge in [0, 0.05) is 49.6 Å². The number of aromatic nitrogens is 4. The lowest BCUT2D eigenvalue weighted by molar-refractivity contribution is 0.628. The first-order valence-corrected chi connectivity index (χ1v) is 10.4. The molecular weight excluding hydrogens is 417 g/mol. The number of nitrogens with one attached hydrogen (secondary N) is 1. The highest BCUT2D eigenvalue weighted by Crippen LogP contribution is 2.27. The van der Waals surface area contributed by atoms with Crippen molar-refractivity contribution in [2.24, 2.45) is 7.05 Å². The molecule has 9 heteroatoms. The highest BCUT2D eigenvalue weighted by atomic mass is 35.5. The van der Waals surface area contributed by atoms with E-state index in [1.165, 1.54) is 12.1 Å². The Morgan fingerprint density at radius 3 is 2.45 bits per heavy atom. The maximum Gasteiger partial charge on any atom is 0.229 e. The predicted molar refractivity (Wildman–Crippen MR) is 122 cm³/mol. The lowest BCUT2D eigenvalue weighted by atomic mass is 10.2. The van der Waals surface area contributed by atoms with Crippen molar-refractivity contribution in [1.29, 1.82) is 0 Å². The van der Waals surface area contributed by atoms with E-state index in [9.17, 15) is 4.39 Å². The van der Waals surface area contributed by atoms with E-state index in [0.29, 0.717) is 11.8 Å². The predicted octanol–water partition coefficient (Wildman–Crippen LogP) is 4.23. The van der Waals surface area contributed by atoms with Gasteiger partial charge in [0.15, 0.2) is 5.65 Å². The Balaban J connectivity index is 1.41. The number of hydrogen-bond donors (Lipinski definition) is 1. The number of piperazine rings is 1. The molecule has 1 saturated heterocycles. The van der Waals surface area contributed by atoms with E-state index in [1.54, 1.807) is 23.0 Å². The second-order valence-corrected chi connectivity index (χ2v) is 7.90. The number of halogens is 2. The summed E-state index contributed by atoms with van der Waals surface area (Å²) in [4.78, 5) is 14.0. The summed E-state index contributed by atoms with van der Waals surface area (Å²) in [6.45, 7) is 3.25. The third kappa shape index (κ3) is 3.98. The molecule has 5 rings (SSSR count). The van der Waals surface area contributed by atoms with Gasteiger partial charge in [-0.1, -0.05) is 17.7 Å². The lowest BCUT2D eigenvalue weighted by Gasteiger charge is -2.36. The molecule has 0 spiro atoms. The van der Waals surface area contributed by atoms with Crippen molar-refractivity contribution >= 4 is 45.8 Å². The fourth-order valence-corrected chi connectivity index (χ4v) is 3.94. The Hall–Kier alpha value is -3.39. The van der Waals surface area contributed by atoms with Crippen LogP contribution in [0.25, 0.3) is 11.0 Å². The first-order chi connectivity index (χ1) is 15.1. The molecule has 158 valence electrons. The maximum atomic E-state index is 13.3. The molecule has 2 aromatic heterocycles. The molecule has 0 amide bonds. The van der Waals surface area contributed by atoms with Crippen LogP contribution in [-0.2, 0) is 7.05 Å². The van der Waals surface area contributed by atoms with Crippen LogP contribution >= 0.6 is 11.6 Å².